The smallest absolute Gasteiger partial charge is 0.415 e. The van der Waals surface area contributed by atoms with Gasteiger partial charge < -0.3 is 4.74 Å². The maximum absolute atomic E-state index is 12.6. The third-order valence-electron chi connectivity index (χ3n) is 3.30. The van der Waals surface area contributed by atoms with Crippen LogP contribution in [0.1, 0.15) is 26.3 Å². The van der Waals surface area contributed by atoms with Crippen LogP contribution in [-0.2, 0) is 4.74 Å². The molecule has 0 N–H and O–H groups in total. The summed E-state index contributed by atoms with van der Waals surface area (Å²) in [6.07, 6.45) is 1.36. The number of carbonyl (C=O) groups excluding carboxylic acids is 1. The Morgan fingerprint density at radius 3 is 2.55 bits per heavy atom. The first-order chi connectivity index (χ1) is 10.3. The first kappa shape index (κ1) is 16.1. The Bertz CT molecular complexity index is 698. The van der Waals surface area contributed by atoms with Crippen molar-refractivity contribution in [1.82, 2.24) is 0 Å². The summed E-state index contributed by atoms with van der Waals surface area (Å²) in [5.41, 5.74) is 1.38. The summed E-state index contributed by atoms with van der Waals surface area (Å²) >= 11 is 0. The molecular weight excluding hydrogens is 274 g/mol. The highest BCUT2D eigenvalue weighted by Crippen LogP contribution is 2.31. The van der Waals surface area contributed by atoms with Gasteiger partial charge in [0.15, 0.2) is 0 Å². The molecule has 0 radical (unpaired) electrons. The van der Waals surface area contributed by atoms with Crippen LogP contribution in [0.25, 0.3) is 10.8 Å². The Balaban J connectivity index is 2.55. The Labute approximate surface area is 132 Å². The predicted molar refractivity (Wildman–Crippen MR) is 92.5 cm³/mol. The summed E-state index contributed by atoms with van der Waals surface area (Å²) in [5.74, 6) is 0. The molecular formula is C19H23NO2. The molecule has 2 aromatic rings. The summed E-state index contributed by atoms with van der Waals surface area (Å²) in [7, 11) is 0. The van der Waals surface area contributed by atoms with Crippen LogP contribution >= 0.6 is 0 Å². The van der Waals surface area contributed by atoms with Crippen LogP contribution in [0, 0.1) is 6.92 Å². The molecule has 0 aliphatic rings. The van der Waals surface area contributed by atoms with Crippen molar-refractivity contribution in [2.75, 3.05) is 11.4 Å². The normalized spacial score (nSPS) is 11.3. The van der Waals surface area contributed by atoms with Crippen molar-refractivity contribution in [1.29, 1.82) is 0 Å². The molecule has 0 aliphatic carbocycles. The lowest BCUT2D eigenvalue weighted by molar-refractivity contribution is 0.0584. The quantitative estimate of drug-likeness (QED) is 0.740. The van der Waals surface area contributed by atoms with Gasteiger partial charge in [0.2, 0.25) is 0 Å². The molecule has 0 heterocycles. The molecule has 2 aromatic carbocycles. The van der Waals surface area contributed by atoms with E-state index >= 15 is 0 Å². The van der Waals surface area contributed by atoms with Crippen LogP contribution in [0.3, 0.4) is 0 Å². The van der Waals surface area contributed by atoms with Crippen molar-refractivity contribution >= 4 is 22.6 Å². The minimum atomic E-state index is -0.533. The number of rotatable bonds is 3. The Hall–Kier alpha value is -2.29. The first-order valence-corrected chi connectivity index (χ1v) is 7.43. The Morgan fingerprint density at radius 2 is 1.91 bits per heavy atom. The minimum Gasteiger partial charge on any atom is -0.443 e. The van der Waals surface area contributed by atoms with Gasteiger partial charge in [-0.2, -0.15) is 0 Å². The number of aryl methyl sites for hydroxylation is 1. The van der Waals surface area contributed by atoms with E-state index in [0.717, 1.165) is 22.0 Å². The molecule has 0 spiro atoms. The third kappa shape index (κ3) is 3.48. The fraction of sp³-hybridized carbons (Fsp3) is 0.316. The fourth-order valence-electron chi connectivity index (χ4n) is 2.43. The second-order valence-corrected chi connectivity index (χ2v) is 6.33. The van der Waals surface area contributed by atoms with Crippen molar-refractivity contribution in [3.63, 3.8) is 0 Å². The summed E-state index contributed by atoms with van der Waals surface area (Å²) in [4.78, 5) is 14.2. The van der Waals surface area contributed by atoms with Gasteiger partial charge in [-0.3, -0.25) is 4.90 Å². The van der Waals surface area contributed by atoms with E-state index in [9.17, 15) is 4.79 Å². The van der Waals surface area contributed by atoms with E-state index in [1.807, 2.05) is 58.0 Å². The molecule has 0 unspecified atom stereocenters. The van der Waals surface area contributed by atoms with Crippen molar-refractivity contribution in [2.45, 2.75) is 33.3 Å². The van der Waals surface area contributed by atoms with Gasteiger partial charge in [0, 0.05) is 11.9 Å². The molecule has 0 aromatic heterocycles. The van der Waals surface area contributed by atoms with E-state index in [1.165, 1.54) is 0 Å². The van der Waals surface area contributed by atoms with Crippen LogP contribution in [0.4, 0.5) is 10.5 Å². The second-order valence-electron chi connectivity index (χ2n) is 6.33. The zero-order valence-corrected chi connectivity index (χ0v) is 13.7. The largest absolute Gasteiger partial charge is 0.443 e. The van der Waals surface area contributed by atoms with E-state index in [4.69, 9.17) is 4.74 Å². The topological polar surface area (TPSA) is 29.5 Å². The molecule has 0 saturated carbocycles. The maximum Gasteiger partial charge on any atom is 0.415 e. The average molecular weight is 297 g/mol. The van der Waals surface area contributed by atoms with Gasteiger partial charge in [0.1, 0.15) is 5.60 Å². The molecule has 116 valence electrons. The van der Waals surface area contributed by atoms with Gasteiger partial charge in [-0.05, 0) is 38.6 Å². The number of nitrogens with zero attached hydrogens (tertiary/aromatic N) is 1. The standard InChI is InChI=1S/C19H23NO2/c1-6-13-20(18(21)22-19(3,4)5)17-14(2)11-12-15-9-7-8-10-16(15)17/h6-12H,1,13H2,2-5H3. The van der Waals surface area contributed by atoms with Crippen LogP contribution in [-0.4, -0.2) is 18.2 Å². The van der Waals surface area contributed by atoms with Gasteiger partial charge in [0.25, 0.3) is 0 Å². The van der Waals surface area contributed by atoms with E-state index in [-0.39, 0.29) is 6.09 Å². The lowest BCUT2D eigenvalue weighted by atomic mass is 10.0. The number of amides is 1. The number of hydrogen-bond acceptors (Lipinski definition) is 2. The lowest BCUT2D eigenvalue weighted by Crippen LogP contribution is -2.37. The number of carbonyl (C=O) groups is 1. The Morgan fingerprint density at radius 1 is 1.23 bits per heavy atom. The number of anilines is 1. The molecule has 3 heteroatoms. The van der Waals surface area contributed by atoms with E-state index in [1.54, 1.807) is 11.0 Å². The molecule has 2 rings (SSSR count). The second kappa shape index (κ2) is 6.22. The third-order valence-corrected chi connectivity index (χ3v) is 3.30. The van der Waals surface area contributed by atoms with Crippen LogP contribution in [0.5, 0.6) is 0 Å². The lowest BCUT2D eigenvalue weighted by Gasteiger charge is -2.28. The summed E-state index contributed by atoms with van der Waals surface area (Å²) < 4.78 is 5.55. The van der Waals surface area contributed by atoms with Gasteiger partial charge in [-0.25, -0.2) is 4.79 Å². The van der Waals surface area contributed by atoms with Crippen LogP contribution in [0.15, 0.2) is 49.1 Å². The highest BCUT2D eigenvalue weighted by molar-refractivity contribution is 6.03. The predicted octanol–water partition coefficient (Wildman–Crippen LogP) is 5.08. The van der Waals surface area contributed by atoms with Crippen molar-refractivity contribution in [2.24, 2.45) is 0 Å². The van der Waals surface area contributed by atoms with Gasteiger partial charge >= 0.3 is 6.09 Å². The summed E-state index contributed by atoms with van der Waals surface area (Å²) in [6, 6.07) is 12.1. The number of ether oxygens (including phenoxy) is 1. The first-order valence-electron chi connectivity index (χ1n) is 7.43. The molecule has 22 heavy (non-hydrogen) atoms. The fourth-order valence-corrected chi connectivity index (χ4v) is 2.43. The van der Waals surface area contributed by atoms with Crippen LogP contribution < -0.4 is 4.90 Å². The van der Waals surface area contributed by atoms with Gasteiger partial charge in [-0.1, -0.05) is 42.5 Å². The molecule has 0 fully saturated rings. The minimum absolute atomic E-state index is 0.355. The number of fused-ring (bicyclic) bond motifs is 1. The number of hydrogen-bond donors (Lipinski definition) is 0. The number of benzene rings is 2. The van der Waals surface area contributed by atoms with E-state index < -0.39 is 5.60 Å². The van der Waals surface area contributed by atoms with Crippen molar-refractivity contribution in [3.05, 3.63) is 54.6 Å². The molecule has 3 nitrogen and oxygen atoms in total. The monoisotopic (exact) mass is 297 g/mol. The average Bonchev–Trinajstić information content (AvgIpc) is 2.43. The van der Waals surface area contributed by atoms with E-state index in [2.05, 4.69) is 12.6 Å². The molecule has 0 aliphatic heterocycles. The van der Waals surface area contributed by atoms with Crippen molar-refractivity contribution < 1.29 is 9.53 Å². The summed E-state index contributed by atoms with van der Waals surface area (Å²) in [5, 5.41) is 2.14. The van der Waals surface area contributed by atoms with Gasteiger partial charge in [0.05, 0.1) is 5.69 Å². The molecule has 0 atom stereocenters. The maximum atomic E-state index is 12.6. The molecule has 0 bridgehead atoms. The molecule has 0 saturated heterocycles. The van der Waals surface area contributed by atoms with Crippen molar-refractivity contribution in [3.8, 4) is 0 Å². The summed E-state index contributed by atoms with van der Waals surface area (Å²) in [6.45, 7) is 11.8. The highest BCUT2D eigenvalue weighted by atomic mass is 16.6. The van der Waals surface area contributed by atoms with E-state index in [0.29, 0.717) is 6.54 Å². The van der Waals surface area contributed by atoms with Crippen LogP contribution in [0.2, 0.25) is 0 Å². The SMILES string of the molecule is C=CCN(C(=O)OC(C)(C)C)c1c(C)ccc2ccccc12. The molecule has 1 amide bonds. The zero-order valence-electron chi connectivity index (χ0n) is 13.7. The highest BCUT2D eigenvalue weighted by Gasteiger charge is 2.24. The zero-order chi connectivity index (χ0) is 16.3. The van der Waals surface area contributed by atoms with Gasteiger partial charge in [-0.15, -0.1) is 6.58 Å². The Kier molecular flexibility index (Phi) is 4.55.